The third-order valence-electron chi connectivity index (χ3n) is 2.78. The lowest BCUT2D eigenvalue weighted by Gasteiger charge is -2.13. The molecule has 0 unspecified atom stereocenters. The Kier molecular flexibility index (Phi) is 3.80. The molecule has 0 bridgehead atoms. The molecule has 0 radical (unpaired) electrons. The fourth-order valence-electron chi connectivity index (χ4n) is 1.88. The van der Waals surface area contributed by atoms with Crippen molar-refractivity contribution in [2.45, 2.75) is 39.2 Å². The Morgan fingerprint density at radius 3 is 3.00 bits per heavy atom. The molecule has 0 saturated heterocycles. The molecule has 0 fully saturated rings. The average Bonchev–Trinajstić information content (AvgIpc) is 2.80. The Morgan fingerprint density at radius 2 is 2.24 bits per heavy atom. The van der Waals surface area contributed by atoms with Crippen LogP contribution in [-0.4, -0.2) is 25.0 Å². The lowest BCUT2D eigenvalue weighted by Crippen LogP contribution is -2.10. The van der Waals surface area contributed by atoms with Gasteiger partial charge >= 0.3 is 0 Å². The third-order valence-corrected chi connectivity index (χ3v) is 2.78. The second kappa shape index (κ2) is 5.52. The first kappa shape index (κ1) is 11.7. The Hall–Kier alpha value is -1.78. The molecule has 0 saturated carbocycles. The van der Waals surface area contributed by atoms with Gasteiger partial charge in [-0.05, 0) is 11.6 Å². The number of fused-ring (bicyclic) bond motifs is 1. The number of nitrogens with zero attached hydrogens (tertiary/aromatic N) is 5. The summed E-state index contributed by atoms with van der Waals surface area (Å²) in [5.41, 5.74) is 1.90. The van der Waals surface area contributed by atoms with Crippen LogP contribution in [0.1, 0.15) is 31.9 Å². The first-order chi connectivity index (χ1) is 8.36. The van der Waals surface area contributed by atoms with Crippen molar-refractivity contribution >= 4 is 0 Å². The summed E-state index contributed by atoms with van der Waals surface area (Å²) in [6.45, 7) is 6.95. The van der Waals surface area contributed by atoms with Crippen LogP contribution < -0.4 is 0 Å². The van der Waals surface area contributed by atoms with Crippen molar-refractivity contribution in [3.8, 4) is 11.5 Å². The van der Waals surface area contributed by atoms with Gasteiger partial charge in [-0.2, -0.15) is 0 Å². The molecule has 2 heterocycles. The van der Waals surface area contributed by atoms with E-state index in [1.165, 1.54) is 12.8 Å². The number of rotatable bonds is 6. The van der Waals surface area contributed by atoms with E-state index >= 15 is 0 Å². The molecule has 0 amide bonds. The van der Waals surface area contributed by atoms with Gasteiger partial charge in [0.15, 0.2) is 5.69 Å². The van der Waals surface area contributed by atoms with E-state index in [9.17, 15) is 0 Å². The Bertz CT molecular complexity index is 462. The molecule has 5 nitrogen and oxygen atoms in total. The average molecular weight is 231 g/mol. The fraction of sp³-hybridized carbons (Fsp3) is 0.500. The highest BCUT2D eigenvalue weighted by molar-refractivity contribution is 5.52. The van der Waals surface area contributed by atoms with Gasteiger partial charge in [0.2, 0.25) is 5.82 Å². The Morgan fingerprint density at radius 1 is 1.35 bits per heavy atom. The van der Waals surface area contributed by atoms with Crippen LogP contribution in [0.4, 0.5) is 0 Å². The van der Waals surface area contributed by atoms with Crippen molar-refractivity contribution in [3.05, 3.63) is 24.7 Å². The SMILES string of the molecule is C=CCc1c2nnnc-2ncn1CCCCC. The molecule has 2 aliphatic rings. The Labute approximate surface area is 101 Å². The van der Waals surface area contributed by atoms with Crippen LogP contribution >= 0.6 is 0 Å². The van der Waals surface area contributed by atoms with Crippen molar-refractivity contribution in [1.29, 1.82) is 0 Å². The lowest BCUT2D eigenvalue weighted by molar-refractivity contribution is 0.576. The highest BCUT2D eigenvalue weighted by atomic mass is 15.4. The predicted molar refractivity (Wildman–Crippen MR) is 65.7 cm³/mol. The number of aryl methyl sites for hydroxylation is 1. The first-order valence-electron chi connectivity index (χ1n) is 6.00. The van der Waals surface area contributed by atoms with E-state index in [2.05, 4.69) is 38.5 Å². The first-order valence-corrected chi connectivity index (χ1v) is 6.00. The van der Waals surface area contributed by atoms with Gasteiger partial charge in [-0.15, -0.1) is 16.8 Å². The molecule has 17 heavy (non-hydrogen) atoms. The Balaban J connectivity index is 2.29. The van der Waals surface area contributed by atoms with Crippen molar-refractivity contribution in [3.63, 3.8) is 0 Å². The molecule has 0 atom stereocenters. The van der Waals surface area contributed by atoms with Gasteiger partial charge in [-0.3, -0.25) is 0 Å². The van der Waals surface area contributed by atoms with Gasteiger partial charge in [0.05, 0.1) is 12.0 Å². The summed E-state index contributed by atoms with van der Waals surface area (Å²) < 4.78 is 2.13. The van der Waals surface area contributed by atoms with Crippen LogP contribution in [0.5, 0.6) is 0 Å². The minimum Gasteiger partial charge on any atom is -0.333 e. The van der Waals surface area contributed by atoms with Crippen LogP contribution in [0.2, 0.25) is 0 Å². The summed E-state index contributed by atoms with van der Waals surface area (Å²) in [6, 6.07) is 0. The van der Waals surface area contributed by atoms with E-state index in [0.717, 1.165) is 30.8 Å². The van der Waals surface area contributed by atoms with E-state index < -0.39 is 0 Å². The van der Waals surface area contributed by atoms with Crippen LogP contribution in [-0.2, 0) is 13.0 Å². The van der Waals surface area contributed by atoms with Crippen molar-refractivity contribution in [2.24, 2.45) is 0 Å². The van der Waals surface area contributed by atoms with Crippen molar-refractivity contribution in [1.82, 2.24) is 25.0 Å². The van der Waals surface area contributed by atoms with Gasteiger partial charge in [-0.1, -0.05) is 25.8 Å². The zero-order valence-electron chi connectivity index (χ0n) is 10.1. The van der Waals surface area contributed by atoms with E-state index in [0.29, 0.717) is 5.82 Å². The molecule has 0 aromatic rings. The number of allylic oxidation sites excluding steroid dienone is 1. The summed E-state index contributed by atoms with van der Waals surface area (Å²) in [4.78, 5) is 4.26. The maximum Gasteiger partial charge on any atom is 0.207 e. The standard InChI is InChI=1S/C12H17N5/c1-3-5-6-8-17-9-13-12-11(14-16-15-12)10(17)7-4-2/h4,9H,2-3,5-8H2,1H3. The van der Waals surface area contributed by atoms with Crippen LogP contribution in [0, 0.1) is 0 Å². The summed E-state index contributed by atoms with van der Waals surface area (Å²) in [7, 11) is 0. The predicted octanol–water partition coefficient (Wildman–Crippen LogP) is 2.09. The zero-order valence-corrected chi connectivity index (χ0v) is 10.1. The normalized spacial score (nSPS) is 10.9. The number of hydrogen-bond acceptors (Lipinski definition) is 4. The van der Waals surface area contributed by atoms with Crippen LogP contribution in [0.25, 0.3) is 11.5 Å². The highest BCUT2D eigenvalue weighted by Crippen LogP contribution is 2.19. The molecule has 0 aliphatic carbocycles. The summed E-state index contributed by atoms with van der Waals surface area (Å²) >= 11 is 0. The smallest absolute Gasteiger partial charge is 0.207 e. The van der Waals surface area contributed by atoms with Crippen molar-refractivity contribution < 1.29 is 0 Å². The van der Waals surface area contributed by atoms with Crippen molar-refractivity contribution in [2.75, 3.05) is 0 Å². The van der Waals surface area contributed by atoms with Gasteiger partial charge < -0.3 is 4.57 Å². The maximum atomic E-state index is 4.26. The summed E-state index contributed by atoms with van der Waals surface area (Å²) in [5, 5.41) is 11.6. The lowest BCUT2D eigenvalue weighted by atomic mass is 10.2. The molecule has 5 heteroatoms. The van der Waals surface area contributed by atoms with Crippen LogP contribution in [0.15, 0.2) is 19.0 Å². The molecular formula is C12H17N5. The second-order valence-electron chi connectivity index (χ2n) is 4.05. The molecule has 2 rings (SSSR count). The topological polar surface area (TPSA) is 56.5 Å². The molecule has 0 spiro atoms. The summed E-state index contributed by atoms with van der Waals surface area (Å²) in [6.07, 6.45) is 8.06. The largest absolute Gasteiger partial charge is 0.333 e. The zero-order chi connectivity index (χ0) is 12.1. The van der Waals surface area contributed by atoms with Gasteiger partial charge in [0.1, 0.15) is 0 Å². The minimum absolute atomic E-state index is 0.619. The molecular weight excluding hydrogens is 214 g/mol. The number of hydrogen-bond donors (Lipinski definition) is 0. The van der Waals surface area contributed by atoms with Gasteiger partial charge in [0, 0.05) is 13.0 Å². The molecule has 0 aromatic carbocycles. The highest BCUT2D eigenvalue weighted by Gasteiger charge is 2.16. The summed E-state index contributed by atoms with van der Waals surface area (Å²) in [5.74, 6) is 0.619. The van der Waals surface area contributed by atoms with E-state index in [4.69, 9.17) is 0 Å². The molecule has 2 aliphatic heterocycles. The number of unbranched alkanes of at least 4 members (excludes halogenated alkanes) is 2. The van der Waals surface area contributed by atoms with E-state index in [-0.39, 0.29) is 0 Å². The molecule has 0 aromatic heterocycles. The fourth-order valence-corrected chi connectivity index (χ4v) is 1.88. The molecule has 0 N–H and O–H groups in total. The van der Waals surface area contributed by atoms with E-state index in [1.54, 1.807) is 0 Å². The second-order valence-corrected chi connectivity index (χ2v) is 4.05. The third kappa shape index (κ3) is 2.49. The molecule has 90 valence electrons. The van der Waals surface area contributed by atoms with Gasteiger partial charge in [0.25, 0.3) is 0 Å². The van der Waals surface area contributed by atoms with E-state index in [1.807, 2.05) is 12.4 Å². The monoisotopic (exact) mass is 231 g/mol. The minimum atomic E-state index is 0.619. The van der Waals surface area contributed by atoms with Crippen LogP contribution in [0.3, 0.4) is 0 Å². The quantitative estimate of drug-likeness (QED) is 0.564. The maximum absolute atomic E-state index is 4.26. The van der Waals surface area contributed by atoms with Gasteiger partial charge in [-0.25, -0.2) is 4.98 Å². The number of aromatic nitrogens is 5.